The van der Waals surface area contributed by atoms with Gasteiger partial charge in [0.25, 0.3) is 0 Å². The minimum Gasteiger partial charge on any atom is -0.481 e. The minimum absolute atomic E-state index is 0.0906. The SMILES string of the molecule is CCN(CC(C)(C)C)C(=O)C(CC(=O)O)NC(=O)OCC1c2ccccc2-c2ccccc21. The first kappa shape index (κ1) is 24.3. The molecule has 0 saturated heterocycles. The van der Waals surface area contributed by atoms with Gasteiger partial charge in [-0.2, -0.15) is 0 Å². The Morgan fingerprint density at radius 2 is 1.58 bits per heavy atom. The zero-order valence-corrected chi connectivity index (χ0v) is 19.6. The van der Waals surface area contributed by atoms with Crippen molar-refractivity contribution in [1.82, 2.24) is 10.2 Å². The highest BCUT2D eigenvalue weighted by molar-refractivity contribution is 5.89. The van der Waals surface area contributed by atoms with E-state index in [1.54, 1.807) is 4.90 Å². The summed E-state index contributed by atoms with van der Waals surface area (Å²) >= 11 is 0. The van der Waals surface area contributed by atoms with Crippen LogP contribution in [0, 0.1) is 5.41 Å². The maximum atomic E-state index is 13.0. The molecule has 0 spiro atoms. The number of likely N-dealkylation sites (N-methyl/N-ethyl adjacent to an activating group) is 1. The van der Waals surface area contributed by atoms with E-state index in [0.717, 1.165) is 22.3 Å². The molecule has 176 valence electrons. The second kappa shape index (κ2) is 10.1. The van der Waals surface area contributed by atoms with Crippen LogP contribution in [0.2, 0.25) is 0 Å². The molecule has 0 radical (unpaired) electrons. The summed E-state index contributed by atoms with van der Waals surface area (Å²) in [7, 11) is 0. The van der Waals surface area contributed by atoms with Crippen LogP contribution in [0.15, 0.2) is 48.5 Å². The first-order valence-corrected chi connectivity index (χ1v) is 11.2. The van der Waals surface area contributed by atoms with E-state index >= 15 is 0 Å². The molecule has 1 unspecified atom stereocenters. The molecule has 0 saturated carbocycles. The Hall–Kier alpha value is -3.35. The Labute approximate surface area is 194 Å². The number of carboxylic acid groups (broad SMARTS) is 1. The summed E-state index contributed by atoms with van der Waals surface area (Å²) in [5.41, 5.74) is 4.21. The summed E-state index contributed by atoms with van der Waals surface area (Å²) in [6.07, 6.45) is -1.31. The van der Waals surface area contributed by atoms with Gasteiger partial charge >= 0.3 is 12.1 Å². The highest BCUT2D eigenvalue weighted by atomic mass is 16.5. The molecule has 2 aromatic rings. The Morgan fingerprint density at radius 3 is 2.06 bits per heavy atom. The zero-order valence-electron chi connectivity index (χ0n) is 19.6. The maximum absolute atomic E-state index is 13.0. The maximum Gasteiger partial charge on any atom is 0.407 e. The van der Waals surface area contributed by atoms with Crippen LogP contribution in [0.3, 0.4) is 0 Å². The molecule has 0 heterocycles. The summed E-state index contributed by atoms with van der Waals surface area (Å²) in [5.74, 6) is -1.72. The van der Waals surface area contributed by atoms with Crippen molar-refractivity contribution in [2.24, 2.45) is 5.41 Å². The van der Waals surface area contributed by atoms with E-state index in [0.29, 0.717) is 13.1 Å². The average molecular weight is 453 g/mol. The quantitative estimate of drug-likeness (QED) is 0.624. The molecular weight excluding hydrogens is 420 g/mol. The van der Waals surface area contributed by atoms with Gasteiger partial charge in [-0.05, 0) is 34.6 Å². The van der Waals surface area contributed by atoms with Crippen molar-refractivity contribution in [3.8, 4) is 11.1 Å². The van der Waals surface area contributed by atoms with E-state index in [4.69, 9.17) is 4.74 Å². The van der Waals surface area contributed by atoms with Crippen LogP contribution in [0.25, 0.3) is 11.1 Å². The van der Waals surface area contributed by atoms with Crippen LogP contribution in [0.1, 0.15) is 51.2 Å². The Morgan fingerprint density at radius 1 is 1.03 bits per heavy atom. The van der Waals surface area contributed by atoms with Crippen molar-refractivity contribution in [2.45, 2.75) is 46.1 Å². The van der Waals surface area contributed by atoms with E-state index in [9.17, 15) is 19.5 Å². The minimum atomic E-state index is -1.19. The predicted octanol–water partition coefficient (Wildman–Crippen LogP) is 4.26. The Bertz CT molecular complexity index is 982. The van der Waals surface area contributed by atoms with Crippen molar-refractivity contribution >= 4 is 18.0 Å². The number of carbonyl (C=O) groups is 3. The zero-order chi connectivity index (χ0) is 24.2. The average Bonchev–Trinajstić information content (AvgIpc) is 3.08. The number of hydrogen-bond acceptors (Lipinski definition) is 4. The van der Waals surface area contributed by atoms with Crippen molar-refractivity contribution in [3.63, 3.8) is 0 Å². The van der Waals surface area contributed by atoms with Crippen LogP contribution in [0.4, 0.5) is 4.79 Å². The van der Waals surface area contributed by atoms with Crippen LogP contribution >= 0.6 is 0 Å². The molecule has 7 heteroatoms. The number of benzene rings is 2. The Kier molecular flexibility index (Phi) is 7.41. The number of fused-ring (bicyclic) bond motifs is 3. The largest absolute Gasteiger partial charge is 0.481 e. The fourth-order valence-electron chi connectivity index (χ4n) is 4.30. The third-order valence-corrected chi connectivity index (χ3v) is 5.67. The standard InChI is InChI=1S/C26H32N2O5/c1-5-28(16-26(2,3)4)24(31)22(14-23(29)30)27-25(32)33-15-21-19-12-8-6-10-17(19)18-11-7-9-13-20(18)21/h6-13,21-22H,5,14-16H2,1-4H3,(H,27,32)(H,29,30). The summed E-state index contributed by atoms with van der Waals surface area (Å²) in [6.45, 7) is 8.77. The van der Waals surface area contributed by atoms with Gasteiger partial charge in [0.15, 0.2) is 0 Å². The summed E-state index contributed by atoms with van der Waals surface area (Å²) in [4.78, 5) is 38.6. The molecule has 33 heavy (non-hydrogen) atoms. The molecule has 2 N–H and O–H groups in total. The van der Waals surface area contributed by atoms with E-state index in [2.05, 4.69) is 5.32 Å². The number of carboxylic acids is 1. The molecule has 0 aliphatic heterocycles. The normalized spacial score (nSPS) is 13.6. The van der Waals surface area contributed by atoms with Gasteiger partial charge in [0.2, 0.25) is 5.91 Å². The summed E-state index contributed by atoms with van der Waals surface area (Å²) < 4.78 is 5.50. The number of aliphatic carboxylic acids is 1. The fraction of sp³-hybridized carbons (Fsp3) is 0.423. The van der Waals surface area contributed by atoms with Gasteiger partial charge in [-0.1, -0.05) is 69.3 Å². The van der Waals surface area contributed by atoms with Gasteiger partial charge in [0.1, 0.15) is 12.6 Å². The first-order chi connectivity index (χ1) is 15.6. The summed E-state index contributed by atoms with van der Waals surface area (Å²) in [6, 6.07) is 14.8. The van der Waals surface area contributed by atoms with Crippen molar-refractivity contribution in [1.29, 1.82) is 0 Å². The first-order valence-electron chi connectivity index (χ1n) is 11.2. The summed E-state index contributed by atoms with van der Waals surface area (Å²) in [5, 5.41) is 11.8. The number of nitrogens with one attached hydrogen (secondary N) is 1. The lowest BCUT2D eigenvalue weighted by Gasteiger charge is -2.31. The second-order valence-electron chi connectivity index (χ2n) is 9.53. The van der Waals surface area contributed by atoms with E-state index < -0.39 is 30.4 Å². The number of hydrogen-bond donors (Lipinski definition) is 2. The lowest BCUT2D eigenvalue weighted by molar-refractivity contribution is -0.143. The van der Waals surface area contributed by atoms with Gasteiger partial charge < -0.3 is 20.1 Å². The smallest absolute Gasteiger partial charge is 0.407 e. The number of amides is 2. The topological polar surface area (TPSA) is 95.9 Å². The second-order valence-corrected chi connectivity index (χ2v) is 9.53. The monoisotopic (exact) mass is 452 g/mol. The number of rotatable bonds is 8. The lowest BCUT2D eigenvalue weighted by atomic mass is 9.95. The van der Waals surface area contributed by atoms with Crippen molar-refractivity contribution in [2.75, 3.05) is 19.7 Å². The molecule has 0 fully saturated rings. The number of nitrogens with zero attached hydrogens (tertiary/aromatic N) is 1. The van der Waals surface area contributed by atoms with Gasteiger partial charge in [0, 0.05) is 19.0 Å². The van der Waals surface area contributed by atoms with Gasteiger partial charge in [-0.25, -0.2) is 4.79 Å². The molecule has 1 aliphatic rings. The number of ether oxygens (including phenoxy) is 1. The highest BCUT2D eigenvalue weighted by Crippen LogP contribution is 2.44. The van der Waals surface area contributed by atoms with E-state index in [1.807, 2.05) is 76.2 Å². The third kappa shape index (κ3) is 5.92. The van der Waals surface area contributed by atoms with Gasteiger partial charge in [-0.15, -0.1) is 0 Å². The highest BCUT2D eigenvalue weighted by Gasteiger charge is 2.32. The van der Waals surface area contributed by atoms with Crippen LogP contribution in [0.5, 0.6) is 0 Å². The predicted molar refractivity (Wildman–Crippen MR) is 126 cm³/mol. The van der Waals surface area contributed by atoms with Crippen LogP contribution < -0.4 is 5.32 Å². The molecule has 2 amide bonds. The molecule has 0 bridgehead atoms. The van der Waals surface area contributed by atoms with Crippen molar-refractivity contribution < 1.29 is 24.2 Å². The van der Waals surface area contributed by atoms with Crippen LogP contribution in [-0.4, -0.2) is 53.7 Å². The van der Waals surface area contributed by atoms with Gasteiger partial charge in [0.05, 0.1) is 6.42 Å². The van der Waals surface area contributed by atoms with E-state index in [-0.39, 0.29) is 17.9 Å². The van der Waals surface area contributed by atoms with Gasteiger partial charge in [-0.3, -0.25) is 9.59 Å². The molecule has 2 aromatic carbocycles. The van der Waals surface area contributed by atoms with Crippen molar-refractivity contribution in [3.05, 3.63) is 59.7 Å². The third-order valence-electron chi connectivity index (χ3n) is 5.67. The molecule has 1 aliphatic carbocycles. The fourth-order valence-corrected chi connectivity index (χ4v) is 4.30. The molecule has 1 atom stereocenters. The molecule has 0 aromatic heterocycles. The number of alkyl carbamates (subject to hydrolysis) is 1. The number of carbonyl (C=O) groups excluding carboxylic acids is 2. The Balaban J connectivity index is 1.70. The molecule has 3 rings (SSSR count). The lowest BCUT2D eigenvalue weighted by Crippen LogP contribution is -2.51. The molecular formula is C26H32N2O5. The van der Waals surface area contributed by atoms with Crippen LogP contribution in [-0.2, 0) is 14.3 Å². The van der Waals surface area contributed by atoms with E-state index in [1.165, 1.54) is 0 Å². The molecule has 7 nitrogen and oxygen atoms in total.